The molecule has 2 aliphatic rings. The van der Waals surface area contributed by atoms with E-state index in [1.54, 1.807) is 0 Å². The third-order valence-corrected chi connectivity index (χ3v) is 5.78. The van der Waals surface area contributed by atoms with E-state index < -0.39 is 5.60 Å². The lowest BCUT2D eigenvalue weighted by Gasteiger charge is -2.51. The van der Waals surface area contributed by atoms with Crippen molar-refractivity contribution in [3.05, 3.63) is 35.9 Å². The molecule has 2 aliphatic heterocycles. The van der Waals surface area contributed by atoms with E-state index >= 15 is 0 Å². The highest BCUT2D eigenvalue weighted by molar-refractivity contribution is 5.69. The van der Waals surface area contributed by atoms with Gasteiger partial charge >= 0.3 is 6.09 Å². The van der Waals surface area contributed by atoms with Crippen molar-refractivity contribution >= 4 is 6.09 Å². The molecular weight excluding hydrogens is 333 g/mol. The van der Waals surface area contributed by atoms with Gasteiger partial charge in [-0.2, -0.15) is 0 Å². The normalized spacial score (nSPS) is 28.0. The molecule has 1 amide bonds. The summed E-state index contributed by atoms with van der Waals surface area (Å²) in [4.78, 5) is 14.6. The third kappa shape index (κ3) is 4.76. The van der Waals surface area contributed by atoms with Crippen LogP contribution >= 0.6 is 0 Å². The van der Waals surface area contributed by atoms with Crippen LogP contribution in [0.5, 0.6) is 0 Å². The van der Waals surface area contributed by atoms with Crippen molar-refractivity contribution in [3.8, 4) is 0 Å². The highest BCUT2D eigenvalue weighted by Gasteiger charge is 2.47. The molecule has 0 spiro atoms. The van der Waals surface area contributed by atoms with Crippen molar-refractivity contribution in [1.82, 2.24) is 4.90 Å². The summed E-state index contributed by atoms with van der Waals surface area (Å²) in [5.41, 5.74) is 0.259. The Morgan fingerprint density at radius 3 is 2.50 bits per heavy atom. The molecule has 5 heteroatoms. The lowest BCUT2D eigenvalue weighted by molar-refractivity contribution is -0.0899. The zero-order valence-corrected chi connectivity index (χ0v) is 15.4. The van der Waals surface area contributed by atoms with E-state index in [2.05, 4.69) is 0 Å². The van der Waals surface area contributed by atoms with E-state index in [-0.39, 0.29) is 31.5 Å². The fraction of sp³-hybridized carbons (Fsp3) is 0.667. The third-order valence-electron chi connectivity index (χ3n) is 5.78. The molecule has 0 aliphatic carbocycles. The van der Waals surface area contributed by atoms with Gasteiger partial charge in [0.25, 0.3) is 0 Å². The Morgan fingerprint density at radius 1 is 1.15 bits per heavy atom. The Hall–Kier alpha value is -1.62. The second-order valence-corrected chi connectivity index (χ2v) is 7.82. The summed E-state index contributed by atoms with van der Waals surface area (Å²) in [6.07, 6.45) is 6.83. The molecule has 2 atom stereocenters. The Balaban J connectivity index is 1.57. The van der Waals surface area contributed by atoms with E-state index in [0.717, 1.165) is 37.7 Å². The first-order valence-corrected chi connectivity index (χ1v) is 9.89. The number of halogens is 1. The average Bonchev–Trinajstić information content (AvgIpc) is 2.63. The molecule has 144 valence electrons. The molecular formula is C21H30FNO3. The zero-order valence-electron chi connectivity index (χ0n) is 15.4. The van der Waals surface area contributed by atoms with Crippen LogP contribution in [0.25, 0.3) is 0 Å². The standard InChI is InChI=1S/C21H30FNO3/c22-13-6-2-5-12-21(25)14-18-10-7-11-19(15-21)23(18)20(24)26-16-17-8-3-1-4-9-17/h1,3-4,8-9,18-19,25H,2,5-7,10-16H2. The Kier molecular flexibility index (Phi) is 6.52. The number of aliphatic hydroxyl groups is 1. The van der Waals surface area contributed by atoms with Crippen LogP contribution in [0.15, 0.2) is 30.3 Å². The van der Waals surface area contributed by atoms with Gasteiger partial charge < -0.3 is 14.7 Å². The molecule has 2 unspecified atom stereocenters. The van der Waals surface area contributed by atoms with Crippen molar-refractivity contribution in [1.29, 1.82) is 0 Å². The zero-order chi connectivity index (χ0) is 18.4. The highest BCUT2D eigenvalue weighted by Crippen LogP contribution is 2.41. The van der Waals surface area contributed by atoms with E-state index in [0.29, 0.717) is 25.7 Å². The maximum Gasteiger partial charge on any atom is 0.410 e. The summed E-state index contributed by atoms with van der Waals surface area (Å²) in [7, 11) is 0. The summed E-state index contributed by atoms with van der Waals surface area (Å²) in [6.45, 7) is -0.00613. The molecule has 1 N–H and O–H groups in total. The Labute approximate surface area is 155 Å². The van der Waals surface area contributed by atoms with Gasteiger partial charge in [0.05, 0.1) is 12.3 Å². The van der Waals surface area contributed by atoms with Crippen LogP contribution in [0, 0.1) is 0 Å². The molecule has 2 fully saturated rings. The van der Waals surface area contributed by atoms with Gasteiger partial charge in [-0.15, -0.1) is 0 Å². The summed E-state index contributed by atoms with van der Waals surface area (Å²) in [5.74, 6) is 0. The average molecular weight is 363 g/mol. The molecule has 2 heterocycles. The number of unbranched alkanes of at least 4 members (excludes halogenated alkanes) is 2. The van der Waals surface area contributed by atoms with Crippen LogP contribution < -0.4 is 0 Å². The van der Waals surface area contributed by atoms with Crippen LogP contribution in [-0.2, 0) is 11.3 Å². The first-order chi connectivity index (χ1) is 12.6. The molecule has 1 aromatic carbocycles. The van der Waals surface area contributed by atoms with Crippen LogP contribution in [0.1, 0.15) is 63.4 Å². The first kappa shape index (κ1) is 19.2. The summed E-state index contributed by atoms with van der Waals surface area (Å²) >= 11 is 0. The SMILES string of the molecule is O=C(OCc1ccccc1)N1C2CCCC1CC(O)(CCCCCF)C2. The molecule has 0 aromatic heterocycles. The lowest BCUT2D eigenvalue weighted by atomic mass is 9.73. The van der Waals surface area contributed by atoms with Crippen LogP contribution in [-0.4, -0.2) is 40.5 Å². The largest absolute Gasteiger partial charge is 0.445 e. The van der Waals surface area contributed by atoms with Gasteiger partial charge in [0.2, 0.25) is 0 Å². The number of nitrogens with zero attached hydrogens (tertiary/aromatic N) is 1. The van der Waals surface area contributed by atoms with Crippen molar-refractivity contribution in [2.75, 3.05) is 6.67 Å². The minimum absolute atomic E-state index is 0.0527. The quantitative estimate of drug-likeness (QED) is 0.720. The van der Waals surface area contributed by atoms with Gasteiger partial charge in [-0.1, -0.05) is 43.2 Å². The predicted octanol–water partition coefficient (Wildman–Crippen LogP) is 4.60. The van der Waals surface area contributed by atoms with Crippen LogP contribution in [0.4, 0.5) is 9.18 Å². The van der Waals surface area contributed by atoms with Gasteiger partial charge in [0.1, 0.15) is 6.61 Å². The van der Waals surface area contributed by atoms with E-state index in [4.69, 9.17) is 4.74 Å². The Bertz CT molecular complexity index is 566. The van der Waals surface area contributed by atoms with Crippen LogP contribution in [0.2, 0.25) is 0 Å². The van der Waals surface area contributed by atoms with Gasteiger partial charge in [-0.25, -0.2) is 4.79 Å². The molecule has 0 saturated carbocycles. The van der Waals surface area contributed by atoms with E-state index in [9.17, 15) is 14.3 Å². The number of benzene rings is 1. The molecule has 1 aromatic rings. The highest BCUT2D eigenvalue weighted by atomic mass is 19.1. The topological polar surface area (TPSA) is 49.8 Å². The van der Waals surface area contributed by atoms with Crippen LogP contribution in [0.3, 0.4) is 0 Å². The number of alkyl halides is 1. The van der Waals surface area contributed by atoms with Gasteiger partial charge in [0.15, 0.2) is 0 Å². The van der Waals surface area contributed by atoms with Crippen molar-refractivity contribution in [2.24, 2.45) is 0 Å². The maximum atomic E-state index is 12.7. The predicted molar refractivity (Wildman–Crippen MR) is 98.5 cm³/mol. The summed E-state index contributed by atoms with van der Waals surface area (Å²) in [5, 5.41) is 11.0. The molecule has 26 heavy (non-hydrogen) atoms. The smallest absolute Gasteiger partial charge is 0.410 e. The number of fused-ring (bicyclic) bond motifs is 2. The number of hydrogen-bond acceptors (Lipinski definition) is 3. The molecule has 2 saturated heterocycles. The van der Waals surface area contributed by atoms with Crippen molar-refractivity contribution in [3.63, 3.8) is 0 Å². The number of carbonyl (C=O) groups excluding carboxylic acids is 1. The van der Waals surface area contributed by atoms with Gasteiger partial charge in [-0.3, -0.25) is 4.39 Å². The first-order valence-electron chi connectivity index (χ1n) is 9.89. The van der Waals surface area contributed by atoms with Crippen molar-refractivity contribution < 1.29 is 19.0 Å². The van der Waals surface area contributed by atoms with Gasteiger partial charge in [-0.05, 0) is 50.5 Å². The van der Waals surface area contributed by atoms with E-state index in [1.807, 2.05) is 35.2 Å². The number of ether oxygens (including phenoxy) is 1. The van der Waals surface area contributed by atoms with Crippen molar-refractivity contribution in [2.45, 2.75) is 82.1 Å². The fourth-order valence-electron chi connectivity index (χ4n) is 4.55. The minimum Gasteiger partial charge on any atom is -0.445 e. The minimum atomic E-state index is -0.720. The second kappa shape index (κ2) is 8.85. The summed E-state index contributed by atoms with van der Waals surface area (Å²) < 4.78 is 17.8. The molecule has 4 nitrogen and oxygen atoms in total. The monoisotopic (exact) mass is 363 g/mol. The number of hydrogen-bond donors (Lipinski definition) is 1. The number of carbonyl (C=O) groups is 1. The van der Waals surface area contributed by atoms with E-state index in [1.165, 1.54) is 0 Å². The second-order valence-electron chi connectivity index (χ2n) is 7.82. The Morgan fingerprint density at radius 2 is 1.85 bits per heavy atom. The summed E-state index contributed by atoms with van der Waals surface area (Å²) in [6, 6.07) is 9.80. The number of rotatable bonds is 7. The number of amides is 1. The molecule has 2 bridgehead atoms. The maximum absolute atomic E-state index is 12.7. The van der Waals surface area contributed by atoms with Gasteiger partial charge in [0, 0.05) is 12.1 Å². The number of piperidine rings is 2. The fourth-order valence-corrected chi connectivity index (χ4v) is 4.55. The molecule has 3 rings (SSSR count). The molecule has 0 radical (unpaired) electrons. The lowest BCUT2D eigenvalue weighted by Crippen LogP contribution is -2.59.